The number of carbonyl (C=O) groups is 2. The molecule has 1 aromatic heterocycles. The molecule has 4 aliphatic rings. The fourth-order valence-electron chi connectivity index (χ4n) is 7.84. The zero-order chi connectivity index (χ0) is 24.3. The molecule has 4 bridgehead atoms. The molecule has 2 aromatic rings. The number of benzene rings is 1. The second kappa shape index (κ2) is 8.55. The van der Waals surface area contributed by atoms with E-state index in [4.69, 9.17) is 4.74 Å². The van der Waals surface area contributed by atoms with E-state index in [2.05, 4.69) is 36.7 Å². The van der Waals surface area contributed by atoms with Gasteiger partial charge in [-0.2, -0.15) is 4.57 Å². The van der Waals surface area contributed by atoms with Gasteiger partial charge in [-0.25, -0.2) is 0 Å². The molecule has 4 fully saturated rings. The summed E-state index contributed by atoms with van der Waals surface area (Å²) in [6, 6.07) is 7.48. The average Bonchev–Trinajstić information content (AvgIpc) is 3.10. The van der Waals surface area contributed by atoms with Gasteiger partial charge in [-0.1, -0.05) is 60.2 Å². The Bertz CT molecular complexity index is 1130. The van der Waals surface area contributed by atoms with E-state index in [1.165, 1.54) is 17.7 Å². The number of hydrogen-bond acceptors (Lipinski definition) is 4. The molecule has 6 rings (SSSR count). The van der Waals surface area contributed by atoms with Crippen molar-refractivity contribution in [2.24, 2.45) is 28.1 Å². The Morgan fingerprint density at radius 1 is 1.15 bits per heavy atom. The molecule has 4 nitrogen and oxygen atoms in total. The molecule has 0 saturated heterocycles. The van der Waals surface area contributed by atoms with E-state index in [0.29, 0.717) is 42.4 Å². The third kappa shape index (κ3) is 4.19. The fraction of sp³-hybridized carbons (Fsp3) is 0.607. The number of carbonyl (C=O) groups excluding carboxylic acids is 2. The largest absolute Gasteiger partial charge is 0.465 e. The predicted octanol–water partition coefficient (Wildman–Crippen LogP) is 6.32. The van der Waals surface area contributed by atoms with Crippen LogP contribution in [0.1, 0.15) is 73.8 Å². The van der Waals surface area contributed by atoms with Gasteiger partial charge in [-0.3, -0.25) is 9.59 Å². The molecular formula is C28H35BrNO3S+. The van der Waals surface area contributed by atoms with Gasteiger partial charge in [-0.15, -0.1) is 0 Å². The van der Waals surface area contributed by atoms with Crippen molar-refractivity contribution in [1.29, 1.82) is 0 Å². The van der Waals surface area contributed by atoms with Gasteiger partial charge in [0, 0.05) is 23.4 Å². The van der Waals surface area contributed by atoms with Crippen molar-refractivity contribution < 1.29 is 18.9 Å². The van der Waals surface area contributed by atoms with Gasteiger partial charge in [0.2, 0.25) is 17.8 Å². The highest BCUT2D eigenvalue weighted by Crippen LogP contribution is 2.71. The lowest BCUT2D eigenvalue weighted by molar-refractivity contribution is -0.684. The van der Waals surface area contributed by atoms with Gasteiger partial charge < -0.3 is 4.74 Å². The molecule has 0 spiro atoms. The van der Waals surface area contributed by atoms with E-state index < -0.39 is 0 Å². The first-order chi connectivity index (χ1) is 16.0. The number of esters is 1. The first kappa shape index (κ1) is 24.2. The number of halogens is 1. The second-order valence-corrected chi connectivity index (χ2v) is 13.8. The number of aromatic nitrogens is 1. The Hall–Kier alpha value is -1.53. The van der Waals surface area contributed by atoms with Crippen LogP contribution in [-0.2, 0) is 22.5 Å². The Morgan fingerprint density at radius 2 is 1.88 bits per heavy atom. The zero-order valence-electron chi connectivity index (χ0n) is 20.7. The van der Waals surface area contributed by atoms with Crippen molar-refractivity contribution >= 4 is 39.0 Å². The van der Waals surface area contributed by atoms with Crippen LogP contribution in [0.5, 0.6) is 0 Å². The Labute approximate surface area is 215 Å². The summed E-state index contributed by atoms with van der Waals surface area (Å²) in [5, 5.41) is 0. The number of thiazole rings is 1. The summed E-state index contributed by atoms with van der Waals surface area (Å²) in [6.07, 6.45) is 6.21. The summed E-state index contributed by atoms with van der Waals surface area (Å²) < 4.78 is 8.94. The minimum absolute atomic E-state index is 0.0359. The summed E-state index contributed by atoms with van der Waals surface area (Å²) >= 11 is 5.05. The van der Waals surface area contributed by atoms with Gasteiger partial charge >= 0.3 is 5.97 Å². The first-order valence-corrected chi connectivity index (χ1v) is 14.1. The van der Waals surface area contributed by atoms with Crippen molar-refractivity contribution in [1.82, 2.24) is 0 Å². The lowest BCUT2D eigenvalue weighted by Crippen LogP contribution is -2.61. The van der Waals surface area contributed by atoms with Gasteiger partial charge in [0.15, 0.2) is 5.69 Å². The molecule has 0 N–H and O–H groups in total. The van der Waals surface area contributed by atoms with Gasteiger partial charge in [0.1, 0.15) is 0 Å². The molecule has 34 heavy (non-hydrogen) atoms. The van der Waals surface area contributed by atoms with Crippen molar-refractivity contribution in [2.75, 3.05) is 6.61 Å². The first-order valence-electron chi connectivity index (χ1n) is 12.5. The second-order valence-electron chi connectivity index (χ2n) is 11.9. The highest BCUT2D eigenvalue weighted by molar-refractivity contribution is 9.10. The van der Waals surface area contributed by atoms with Crippen LogP contribution in [0.2, 0.25) is 0 Å². The summed E-state index contributed by atoms with van der Waals surface area (Å²) in [5.41, 5.74) is 4.08. The monoisotopic (exact) mass is 544 g/mol. The molecule has 182 valence electrons. The van der Waals surface area contributed by atoms with Gasteiger partial charge in [-0.05, 0) is 66.9 Å². The molecule has 0 amide bonds. The predicted molar refractivity (Wildman–Crippen MR) is 137 cm³/mol. The smallest absolute Gasteiger partial charge is 0.312 e. The van der Waals surface area contributed by atoms with Crippen LogP contribution < -0.4 is 4.57 Å². The molecule has 6 heteroatoms. The van der Waals surface area contributed by atoms with Crippen molar-refractivity contribution in [3.63, 3.8) is 0 Å². The molecular weight excluding hydrogens is 510 g/mol. The molecule has 4 saturated carbocycles. The zero-order valence-corrected chi connectivity index (χ0v) is 23.1. The molecule has 5 atom stereocenters. The fourth-order valence-corrected chi connectivity index (χ4v) is 9.08. The maximum Gasteiger partial charge on any atom is 0.312 e. The standard InChI is InChI=1S/C28H35BrNO3S/c1-18-21-11-26(3)14-27(18,4)16-28(12-21,15-26)25(32)33-10-9-24-19(2)30(17-34-24)13-23(31)20-5-7-22(29)8-6-20/h5-8,17-18,21H,9-16H2,1-4H3/q+1/t18-,21-,26-,27+,28+/m1/s1. The SMILES string of the molecule is Cc1c(CCOC(=O)[C@@]23C[C@H]4C[C@@](C)(C2)C[C@@](C)(C3)[C@@H]4C)sc[n+]1CC(=O)c1ccc(Br)cc1. The lowest BCUT2D eigenvalue weighted by Gasteiger charge is -2.67. The summed E-state index contributed by atoms with van der Waals surface area (Å²) in [6.45, 7) is 9.99. The van der Waals surface area contributed by atoms with Gasteiger partial charge in [0.05, 0.1) is 16.9 Å². The normalized spacial score (nSPS) is 33.8. The van der Waals surface area contributed by atoms with E-state index in [1.807, 2.05) is 41.3 Å². The van der Waals surface area contributed by atoms with Crippen LogP contribution in [0.4, 0.5) is 0 Å². The minimum atomic E-state index is -0.279. The van der Waals surface area contributed by atoms with Crippen LogP contribution in [-0.4, -0.2) is 18.4 Å². The van der Waals surface area contributed by atoms with E-state index >= 15 is 0 Å². The van der Waals surface area contributed by atoms with E-state index in [-0.39, 0.29) is 22.6 Å². The van der Waals surface area contributed by atoms with Crippen LogP contribution in [0, 0.1) is 35.0 Å². The molecule has 0 aliphatic heterocycles. The Morgan fingerprint density at radius 3 is 2.59 bits per heavy atom. The molecule has 0 radical (unpaired) electrons. The Balaban J connectivity index is 1.20. The number of nitrogens with zero attached hydrogens (tertiary/aromatic N) is 1. The number of ketones is 1. The number of Topliss-reactive ketones (excluding diaryl/α,β-unsaturated/α-hetero) is 1. The average molecular weight is 546 g/mol. The maximum atomic E-state index is 13.4. The summed E-state index contributed by atoms with van der Waals surface area (Å²) in [4.78, 5) is 27.3. The van der Waals surface area contributed by atoms with E-state index in [9.17, 15) is 9.59 Å². The van der Waals surface area contributed by atoms with Crippen molar-refractivity contribution in [3.05, 3.63) is 50.4 Å². The third-order valence-corrected chi connectivity index (χ3v) is 10.9. The highest BCUT2D eigenvalue weighted by atomic mass is 79.9. The number of ether oxygens (including phenoxy) is 1. The van der Waals surface area contributed by atoms with E-state index in [0.717, 1.165) is 29.4 Å². The van der Waals surface area contributed by atoms with Crippen LogP contribution in [0.15, 0.2) is 34.2 Å². The minimum Gasteiger partial charge on any atom is -0.465 e. The maximum absolute atomic E-state index is 13.4. The van der Waals surface area contributed by atoms with Crippen LogP contribution in [0.3, 0.4) is 0 Å². The molecule has 4 aliphatic carbocycles. The van der Waals surface area contributed by atoms with Crippen molar-refractivity contribution in [2.45, 2.75) is 72.8 Å². The highest BCUT2D eigenvalue weighted by Gasteiger charge is 2.65. The van der Waals surface area contributed by atoms with Crippen LogP contribution in [0.25, 0.3) is 0 Å². The van der Waals surface area contributed by atoms with Crippen LogP contribution >= 0.6 is 27.3 Å². The van der Waals surface area contributed by atoms with Crippen molar-refractivity contribution in [3.8, 4) is 0 Å². The molecule has 1 heterocycles. The number of rotatable bonds is 7. The van der Waals surface area contributed by atoms with Gasteiger partial charge in [0.25, 0.3) is 0 Å². The quantitative estimate of drug-likeness (QED) is 0.233. The Kier molecular flexibility index (Phi) is 6.08. The summed E-state index contributed by atoms with van der Waals surface area (Å²) in [5.74, 6) is 1.48. The molecule has 0 unspecified atom stereocenters. The summed E-state index contributed by atoms with van der Waals surface area (Å²) in [7, 11) is 0. The number of hydrogen-bond donors (Lipinski definition) is 0. The van der Waals surface area contributed by atoms with E-state index in [1.54, 1.807) is 11.3 Å². The lowest BCUT2D eigenvalue weighted by atomic mass is 9.37. The molecule has 1 aromatic carbocycles. The third-order valence-electron chi connectivity index (χ3n) is 9.18. The topological polar surface area (TPSA) is 47.2 Å².